The van der Waals surface area contributed by atoms with Gasteiger partial charge in [-0.1, -0.05) is 172 Å². The van der Waals surface area contributed by atoms with E-state index in [4.69, 9.17) is 19.3 Å². The predicted octanol–water partition coefficient (Wildman–Crippen LogP) is 11.6. The number of phosphoric acid groups is 1. The molecule has 53 heavy (non-hydrogen) atoms. The Kier molecular flexibility index (Phi) is 35.5. The van der Waals surface area contributed by atoms with Crippen LogP contribution < -0.4 is 0 Å². The van der Waals surface area contributed by atoms with Gasteiger partial charge >= 0.3 is 19.8 Å². The third-order valence-electron chi connectivity index (χ3n) is 8.86. The Morgan fingerprint density at radius 3 is 1.81 bits per heavy atom. The first-order chi connectivity index (χ1) is 25.5. The lowest BCUT2D eigenvalue weighted by atomic mass is 10.0. The van der Waals surface area contributed by atoms with Crippen molar-refractivity contribution >= 4 is 19.8 Å². The van der Waals surface area contributed by atoms with Gasteiger partial charge in [-0.25, -0.2) is 4.57 Å². The molecule has 0 spiro atoms. The van der Waals surface area contributed by atoms with E-state index in [2.05, 4.69) is 31.4 Å². The Labute approximate surface area is 323 Å². The molecule has 0 aliphatic rings. The predicted molar refractivity (Wildman–Crippen MR) is 217 cm³/mol. The van der Waals surface area contributed by atoms with Crippen LogP contribution in [0.2, 0.25) is 0 Å². The van der Waals surface area contributed by atoms with Crippen LogP contribution in [0.5, 0.6) is 0 Å². The van der Waals surface area contributed by atoms with Gasteiger partial charge in [-0.2, -0.15) is 0 Å². The van der Waals surface area contributed by atoms with E-state index in [1.807, 2.05) is 36.5 Å². The number of carbonyl (C=O) groups is 2. The highest BCUT2D eigenvalue weighted by Gasteiger charge is 2.22. The topological polar surface area (TPSA) is 140 Å². The van der Waals surface area contributed by atoms with Crippen LogP contribution in [0.15, 0.2) is 48.6 Å². The lowest BCUT2D eigenvalue weighted by molar-refractivity contribution is -0.161. The number of unbranched alkanes of at least 4 members (excludes halogenated alkanes) is 17. The number of esters is 2. The zero-order valence-electron chi connectivity index (χ0n) is 33.7. The summed E-state index contributed by atoms with van der Waals surface area (Å²) in [5, 5.41) is 10.0. The Morgan fingerprint density at radius 1 is 0.642 bits per heavy atom. The minimum atomic E-state index is -4.78. The smallest absolute Gasteiger partial charge is 0.462 e. The van der Waals surface area contributed by atoms with E-state index in [0.29, 0.717) is 32.1 Å². The van der Waals surface area contributed by atoms with Gasteiger partial charge in [0.1, 0.15) is 6.61 Å². The van der Waals surface area contributed by atoms with Crippen molar-refractivity contribution in [2.75, 3.05) is 13.2 Å². The van der Waals surface area contributed by atoms with Crippen molar-refractivity contribution in [3.05, 3.63) is 48.6 Å². The summed E-state index contributed by atoms with van der Waals surface area (Å²) in [6.45, 7) is 5.88. The Morgan fingerprint density at radius 2 is 1.21 bits per heavy atom. The Hall–Kier alpha value is -2.03. The van der Waals surface area contributed by atoms with Gasteiger partial charge in [0.05, 0.1) is 12.7 Å². The SMILES string of the molecule is CCCCC/C=C\C=C/[C@H](O)C/C=C\C/C=C/CCCC(=O)O[C@H](COC(=O)CCCCCCCCCCCCCCCCC(C)C)COP(=O)(O)O. The molecule has 0 aliphatic carbocycles. The fourth-order valence-electron chi connectivity index (χ4n) is 5.69. The number of phosphoric ester groups is 1. The molecule has 0 amide bonds. The molecule has 3 N–H and O–H groups in total. The monoisotopic (exact) mass is 769 g/mol. The maximum absolute atomic E-state index is 12.4. The summed E-state index contributed by atoms with van der Waals surface area (Å²) >= 11 is 0. The lowest BCUT2D eigenvalue weighted by Crippen LogP contribution is -2.29. The van der Waals surface area contributed by atoms with Crippen LogP contribution in [0.4, 0.5) is 0 Å². The normalized spacial score (nSPS) is 13.6. The van der Waals surface area contributed by atoms with Crippen molar-refractivity contribution in [3.8, 4) is 0 Å². The van der Waals surface area contributed by atoms with Gasteiger partial charge in [0.15, 0.2) is 6.10 Å². The highest BCUT2D eigenvalue weighted by atomic mass is 31.2. The molecule has 0 aliphatic heterocycles. The fourth-order valence-corrected chi connectivity index (χ4v) is 6.05. The zero-order chi connectivity index (χ0) is 39.3. The minimum absolute atomic E-state index is 0.102. The van der Waals surface area contributed by atoms with Crippen LogP contribution >= 0.6 is 7.82 Å². The number of hydrogen-bond donors (Lipinski definition) is 3. The van der Waals surface area contributed by atoms with E-state index in [-0.39, 0.29) is 19.4 Å². The van der Waals surface area contributed by atoms with Gasteiger partial charge in [-0.05, 0) is 50.9 Å². The molecule has 10 heteroatoms. The third-order valence-corrected chi connectivity index (χ3v) is 9.34. The van der Waals surface area contributed by atoms with Crippen molar-refractivity contribution in [2.45, 2.75) is 193 Å². The number of rotatable bonds is 37. The van der Waals surface area contributed by atoms with Crippen LogP contribution in [0.1, 0.15) is 181 Å². The molecular weight excluding hydrogens is 691 g/mol. The van der Waals surface area contributed by atoms with Crippen molar-refractivity contribution in [2.24, 2.45) is 5.92 Å². The highest BCUT2D eigenvalue weighted by Crippen LogP contribution is 2.36. The average molecular weight is 769 g/mol. The third kappa shape index (κ3) is 41.0. The number of ether oxygens (including phenoxy) is 2. The van der Waals surface area contributed by atoms with Gasteiger partial charge in [0.2, 0.25) is 0 Å². The van der Waals surface area contributed by atoms with E-state index < -0.39 is 38.6 Å². The van der Waals surface area contributed by atoms with E-state index in [1.165, 1.54) is 89.9 Å². The standard InChI is InChI=1S/C43H77O9P/c1-4-5-6-7-17-23-28-33-40(44)34-29-24-19-16-21-26-31-36-43(46)52-41(38-51-53(47,48)49)37-50-42(45)35-30-25-20-15-13-11-9-8-10-12-14-18-22-27-32-39(2)3/h16-17,21,23-24,28-29,33,39-41,44H,4-15,18-20,22,25-27,30-32,34-38H2,1-3H3,(H2,47,48,49)/b21-16+,23-17-,29-24-,33-28-/t40-,41+/m0/s1. The van der Waals surface area contributed by atoms with Crippen LogP contribution in [0.25, 0.3) is 0 Å². The molecule has 308 valence electrons. The van der Waals surface area contributed by atoms with Gasteiger partial charge in [-0.3, -0.25) is 14.1 Å². The second-order valence-electron chi connectivity index (χ2n) is 14.6. The van der Waals surface area contributed by atoms with E-state index in [9.17, 15) is 19.3 Å². The fraction of sp³-hybridized carbons (Fsp3) is 0.767. The second kappa shape index (κ2) is 36.9. The van der Waals surface area contributed by atoms with Crippen LogP contribution in [-0.2, 0) is 28.2 Å². The molecule has 2 atom stereocenters. The molecule has 0 saturated heterocycles. The number of allylic oxidation sites excluding steroid dienone is 6. The van der Waals surface area contributed by atoms with Gasteiger partial charge < -0.3 is 24.4 Å². The molecule has 0 unspecified atom stereocenters. The lowest BCUT2D eigenvalue weighted by Gasteiger charge is -2.18. The highest BCUT2D eigenvalue weighted by molar-refractivity contribution is 7.46. The first kappa shape index (κ1) is 51.0. The zero-order valence-corrected chi connectivity index (χ0v) is 34.6. The van der Waals surface area contributed by atoms with Crippen molar-refractivity contribution in [1.29, 1.82) is 0 Å². The molecule has 0 fully saturated rings. The Bertz CT molecular complexity index is 1030. The van der Waals surface area contributed by atoms with Crippen LogP contribution in [0, 0.1) is 5.92 Å². The van der Waals surface area contributed by atoms with Crippen molar-refractivity contribution < 1.29 is 43.0 Å². The van der Waals surface area contributed by atoms with Crippen molar-refractivity contribution in [3.63, 3.8) is 0 Å². The van der Waals surface area contributed by atoms with Crippen LogP contribution in [-0.4, -0.2) is 52.3 Å². The molecule has 0 aromatic rings. The second-order valence-corrected chi connectivity index (χ2v) is 15.9. The summed E-state index contributed by atoms with van der Waals surface area (Å²) in [6, 6.07) is 0. The first-order valence-corrected chi connectivity index (χ1v) is 22.4. The van der Waals surface area contributed by atoms with Gasteiger partial charge in [-0.15, -0.1) is 0 Å². The summed E-state index contributed by atoms with van der Waals surface area (Å²) in [4.78, 5) is 42.8. The molecule has 0 saturated carbocycles. The van der Waals surface area contributed by atoms with Crippen molar-refractivity contribution in [1.82, 2.24) is 0 Å². The maximum atomic E-state index is 12.4. The van der Waals surface area contributed by atoms with E-state index in [1.54, 1.807) is 6.08 Å². The molecule has 9 nitrogen and oxygen atoms in total. The summed E-state index contributed by atoms with van der Waals surface area (Å²) in [6.07, 6.45) is 40.1. The molecular formula is C43H77O9P. The number of aliphatic hydroxyl groups is 1. The summed E-state index contributed by atoms with van der Waals surface area (Å²) in [5.41, 5.74) is 0. The quantitative estimate of drug-likeness (QED) is 0.0185. The van der Waals surface area contributed by atoms with E-state index >= 15 is 0 Å². The minimum Gasteiger partial charge on any atom is -0.462 e. The van der Waals surface area contributed by atoms with Crippen LogP contribution in [0.3, 0.4) is 0 Å². The number of hydrogen-bond acceptors (Lipinski definition) is 7. The average Bonchev–Trinajstić information content (AvgIpc) is 3.10. The largest absolute Gasteiger partial charge is 0.469 e. The molecule has 0 aromatic carbocycles. The maximum Gasteiger partial charge on any atom is 0.469 e. The Balaban J connectivity index is 4.07. The molecule has 0 heterocycles. The number of carbonyl (C=O) groups excluding carboxylic acids is 2. The van der Waals surface area contributed by atoms with Gasteiger partial charge in [0.25, 0.3) is 0 Å². The first-order valence-electron chi connectivity index (χ1n) is 20.9. The molecule has 0 bridgehead atoms. The van der Waals surface area contributed by atoms with Gasteiger partial charge in [0, 0.05) is 12.8 Å². The molecule has 0 aromatic heterocycles. The summed E-state index contributed by atoms with van der Waals surface area (Å²) < 4.78 is 26.3. The molecule has 0 radical (unpaired) electrons. The van der Waals surface area contributed by atoms with E-state index in [0.717, 1.165) is 31.6 Å². The summed E-state index contributed by atoms with van der Waals surface area (Å²) in [5.74, 6) is -0.164. The molecule has 0 rings (SSSR count). The number of aliphatic hydroxyl groups excluding tert-OH is 1. The summed E-state index contributed by atoms with van der Waals surface area (Å²) in [7, 11) is -4.78.